The molecule has 7 nitrogen and oxygen atoms in total. The summed E-state index contributed by atoms with van der Waals surface area (Å²) in [5.41, 5.74) is 4.37. The van der Waals surface area contributed by atoms with E-state index < -0.39 is 38.3 Å². The Morgan fingerprint density at radius 1 is 1.15 bits per heavy atom. The van der Waals surface area contributed by atoms with Gasteiger partial charge < -0.3 is 25.4 Å². The lowest BCUT2D eigenvalue weighted by molar-refractivity contribution is -0.138. The average Bonchev–Trinajstić information content (AvgIpc) is 2.73. The van der Waals surface area contributed by atoms with Crippen LogP contribution in [0.3, 0.4) is 0 Å². The molecule has 2 rings (SSSR count). The van der Waals surface area contributed by atoms with Crippen molar-refractivity contribution in [3.63, 3.8) is 0 Å². The van der Waals surface area contributed by atoms with Crippen molar-refractivity contribution in [2.75, 3.05) is 19.8 Å². The summed E-state index contributed by atoms with van der Waals surface area (Å²) in [7, 11) is -4.81. The lowest BCUT2D eigenvalue weighted by atomic mass is 9.93. The van der Waals surface area contributed by atoms with Crippen LogP contribution in [0, 0.1) is 0 Å². The van der Waals surface area contributed by atoms with Crippen molar-refractivity contribution in [3.05, 3.63) is 70.3 Å². The molecule has 2 aromatic rings. The number of phosphoric ester groups is 1. The molecule has 0 fully saturated rings. The fourth-order valence-corrected chi connectivity index (χ4v) is 3.44. The van der Waals surface area contributed by atoms with E-state index in [2.05, 4.69) is 4.52 Å². The highest BCUT2D eigenvalue weighted by Gasteiger charge is 2.35. The number of aryl methyl sites for hydroxylation is 1. The molecule has 182 valence electrons. The zero-order valence-electron chi connectivity index (χ0n) is 17.3. The molecule has 0 amide bonds. The lowest BCUT2D eigenvalue weighted by Gasteiger charge is -2.27. The Labute approximate surface area is 193 Å². The van der Waals surface area contributed by atoms with Crippen molar-refractivity contribution in [1.29, 1.82) is 0 Å². The van der Waals surface area contributed by atoms with Crippen molar-refractivity contribution in [3.8, 4) is 5.75 Å². The minimum absolute atomic E-state index is 0.000389. The van der Waals surface area contributed by atoms with Crippen LogP contribution in [0.2, 0.25) is 5.02 Å². The van der Waals surface area contributed by atoms with Crippen LogP contribution in [-0.2, 0) is 21.7 Å². The molecule has 0 radical (unpaired) electrons. The number of hydrogen-bond acceptors (Lipinski definition) is 5. The Morgan fingerprint density at radius 3 is 2.48 bits per heavy atom. The first kappa shape index (κ1) is 27.3. The highest BCUT2D eigenvalue weighted by molar-refractivity contribution is 7.46. The largest absolute Gasteiger partial charge is 0.489 e. The summed E-state index contributed by atoms with van der Waals surface area (Å²) in [6.07, 6.45) is -1.53. The van der Waals surface area contributed by atoms with Gasteiger partial charge in [-0.25, -0.2) is 4.57 Å². The highest BCUT2D eigenvalue weighted by atomic mass is 35.5. The van der Waals surface area contributed by atoms with Gasteiger partial charge in [0.15, 0.2) is 0 Å². The van der Waals surface area contributed by atoms with Crippen LogP contribution >= 0.6 is 19.4 Å². The van der Waals surface area contributed by atoms with E-state index in [1.165, 1.54) is 12.1 Å². The van der Waals surface area contributed by atoms with Gasteiger partial charge in [-0.1, -0.05) is 35.9 Å². The van der Waals surface area contributed by atoms with Gasteiger partial charge in [-0.05, 0) is 54.3 Å². The molecule has 1 atom stereocenters. The number of hydrogen-bond donors (Lipinski definition) is 4. The second-order valence-corrected chi connectivity index (χ2v) is 9.06. The van der Waals surface area contributed by atoms with Gasteiger partial charge in [0.1, 0.15) is 12.4 Å². The fraction of sp³-hybridized carbons (Fsp3) is 0.333. The van der Waals surface area contributed by atoms with Crippen LogP contribution < -0.4 is 10.5 Å². The Hall–Kier alpha value is -1.91. The Morgan fingerprint density at radius 2 is 1.88 bits per heavy atom. The summed E-state index contributed by atoms with van der Waals surface area (Å²) in [6, 6.07) is 10.5. The molecule has 0 aliphatic heterocycles. The molecule has 0 saturated carbocycles. The maximum Gasteiger partial charge on any atom is 0.469 e. The van der Waals surface area contributed by atoms with Gasteiger partial charge in [-0.3, -0.25) is 4.52 Å². The number of aliphatic hydroxyl groups is 1. The van der Waals surface area contributed by atoms with Gasteiger partial charge in [0.2, 0.25) is 0 Å². The number of ether oxygens (including phenoxy) is 1. The minimum atomic E-state index is -4.81. The average molecular weight is 510 g/mol. The van der Waals surface area contributed by atoms with Crippen molar-refractivity contribution in [2.45, 2.75) is 24.6 Å². The molecular weight excluding hydrogens is 486 g/mol. The number of nitrogens with two attached hydrogens (primary N) is 1. The molecular formula is C21H24ClF3NO6P. The van der Waals surface area contributed by atoms with E-state index in [-0.39, 0.29) is 30.8 Å². The minimum Gasteiger partial charge on any atom is -0.489 e. The van der Waals surface area contributed by atoms with Gasteiger partial charge in [-0.15, -0.1) is 0 Å². The van der Waals surface area contributed by atoms with Crippen molar-refractivity contribution >= 4 is 25.5 Å². The van der Waals surface area contributed by atoms with E-state index in [0.29, 0.717) is 5.02 Å². The lowest BCUT2D eigenvalue weighted by Crippen LogP contribution is -2.48. The zero-order valence-corrected chi connectivity index (χ0v) is 19.0. The summed E-state index contributed by atoms with van der Waals surface area (Å²) in [5.74, 6) is -0.354. The normalized spacial score (nSPS) is 14.4. The standard InChI is InChI=1S/C21H24ClF3NO6P/c22-17-5-1-3-15(11-17)4-2-10-31-19-7-6-16(12-18(19)21(23,24)25)8-9-20(26,13-27)14-32-33(28,29)30/h1-7,11-12,27H,8-10,13-14,26H2,(H2,28,29,30). The van der Waals surface area contributed by atoms with E-state index in [1.54, 1.807) is 36.4 Å². The quantitative estimate of drug-likeness (QED) is 0.335. The molecule has 0 heterocycles. The van der Waals surface area contributed by atoms with E-state index >= 15 is 0 Å². The molecule has 2 aromatic carbocycles. The van der Waals surface area contributed by atoms with E-state index in [9.17, 15) is 22.8 Å². The van der Waals surface area contributed by atoms with Crippen LogP contribution in [-0.4, -0.2) is 40.3 Å². The molecule has 0 aliphatic rings. The summed E-state index contributed by atoms with van der Waals surface area (Å²) in [4.78, 5) is 17.6. The third-order valence-electron chi connectivity index (χ3n) is 4.59. The van der Waals surface area contributed by atoms with Crippen LogP contribution in [0.5, 0.6) is 5.75 Å². The monoisotopic (exact) mass is 509 g/mol. The van der Waals surface area contributed by atoms with Gasteiger partial charge in [0.05, 0.1) is 24.3 Å². The third kappa shape index (κ3) is 9.46. The summed E-state index contributed by atoms with van der Waals surface area (Å²) in [5, 5.41) is 9.97. The highest BCUT2D eigenvalue weighted by Crippen LogP contribution is 2.38. The molecule has 0 spiro atoms. The summed E-state index contributed by atoms with van der Waals surface area (Å²) in [6.45, 7) is -1.45. The third-order valence-corrected chi connectivity index (χ3v) is 5.29. The van der Waals surface area contributed by atoms with Crippen LogP contribution in [0.4, 0.5) is 13.2 Å². The van der Waals surface area contributed by atoms with Crippen LogP contribution in [0.15, 0.2) is 48.5 Å². The van der Waals surface area contributed by atoms with Gasteiger partial charge in [0.25, 0.3) is 0 Å². The number of benzene rings is 2. The molecule has 0 saturated heterocycles. The molecule has 5 N–H and O–H groups in total. The fourth-order valence-electron chi connectivity index (χ4n) is 2.82. The molecule has 0 aromatic heterocycles. The van der Waals surface area contributed by atoms with Crippen LogP contribution in [0.25, 0.3) is 6.08 Å². The van der Waals surface area contributed by atoms with Gasteiger partial charge in [0, 0.05) is 5.02 Å². The molecule has 0 bridgehead atoms. The Bertz CT molecular complexity index is 1010. The smallest absolute Gasteiger partial charge is 0.469 e. The first-order chi connectivity index (χ1) is 15.3. The molecule has 1 unspecified atom stereocenters. The van der Waals surface area contributed by atoms with Gasteiger partial charge >= 0.3 is 14.0 Å². The molecule has 33 heavy (non-hydrogen) atoms. The SMILES string of the molecule is NC(CO)(CCc1ccc(OCC=Cc2cccc(Cl)c2)c(C(F)(F)F)c1)COP(=O)(O)O. The Balaban J connectivity index is 2.08. The van der Waals surface area contributed by atoms with Crippen molar-refractivity contribution in [1.82, 2.24) is 0 Å². The predicted octanol–water partition coefficient (Wildman–Crippen LogP) is 4.18. The first-order valence-corrected chi connectivity index (χ1v) is 11.6. The molecule has 12 heteroatoms. The second-order valence-electron chi connectivity index (χ2n) is 7.38. The summed E-state index contributed by atoms with van der Waals surface area (Å²) >= 11 is 5.89. The maximum atomic E-state index is 13.6. The topological polar surface area (TPSA) is 122 Å². The number of rotatable bonds is 11. The van der Waals surface area contributed by atoms with Crippen molar-refractivity contribution < 1.29 is 41.9 Å². The predicted molar refractivity (Wildman–Crippen MR) is 118 cm³/mol. The summed E-state index contributed by atoms with van der Waals surface area (Å²) < 4.78 is 61.1. The van der Waals surface area contributed by atoms with E-state index in [4.69, 9.17) is 31.9 Å². The number of halogens is 4. The van der Waals surface area contributed by atoms with Crippen LogP contribution in [0.1, 0.15) is 23.1 Å². The number of phosphoric acid groups is 1. The number of aliphatic hydroxyl groups excluding tert-OH is 1. The Kier molecular flexibility index (Phi) is 9.51. The van der Waals surface area contributed by atoms with Crippen molar-refractivity contribution in [2.24, 2.45) is 5.73 Å². The van der Waals surface area contributed by atoms with E-state index in [0.717, 1.165) is 11.6 Å². The first-order valence-electron chi connectivity index (χ1n) is 9.66. The number of alkyl halides is 3. The zero-order chi connectivity index (χ0) is 24.7. The second kappa shape index (κ2) is 11.5. The maximum absolute atomic E-state index is 13.6. The van der Waals surface area contributed by atoms with Gasteiger partial charge in [-0.2, -0.15) is 13.2 Å². The van der Waals surface area contributed by atoms with E-state index in [1.807, 2.05) is 0 Å². The molecule has 0 aliphatic carbocycles.